The Morgan fingerprint density at radius 2 is 2.24 bits per heavy atom. The molecule has 0 amide bonds. The summed E-state index contributed by atoms with van der Waals surface area (Å²) in [7, 11) is 3.73. The monoisotopic (exact) mass is 285 g/mol. The first-order valence-electron chi connectivity index (χ1n) is 7.59. The molecule has 1 aliphatic heterocycles. The van der Waals surface area contributed by atoms with Gasteiger partial charge in [0.2, 0.25) is 0 Å². The van der Waals surface area contributed by atoms with Gasteiger partial charge >= 0.3 is 0 Å². The molecule has 1 unspecified atom stereocenters. The minimum atomic E-state index is 0.769. The van der Waals surface area contributed by atoms with Crippen LogP contribution in [-0.2, 0) is 6.54 Å². The fraction of sp³-hybridized carbons (Fsp3) is 0.471. The molecule has 2 heterocycles. The second-order valence-electron chi connectivity index (χ2n) is 5.78. The van der Waals surface area contributed by atoms with Gasteiger partial charge in [0.25, 0.3) is 0 Å². The van der Waals surface area contributed by atoms with Crippen LogP contribution < -0.4 is 10.1 Å². The maximum atomic E-state index is 5.42. The van der Waals surface area contributed by atoms with E-state index in [1.807, 2.05) is 19.2 Å². The molecule has 1 N–H and O–H groups in total. The van der Waals surface area contributed by atoms with Crippen LogP contribution in [-0.4, -0.2) is 43.7 Å². The first kappa shape index (κ1) is 14.3. The number of methoxy groups -OCH3 is 1. The smallest absolute Gasteiger partial charge is 0.145 e. The topological polar surface area (TPSA) is 37.4 Å². The molecule has 0 saturated carbocycles. The van der Waals surface area contributed by atoms with Gasteiger partial charge in [0.1, 0.15) is 11.3 Å². The van der Waals surface area contributed by atoms with Gasteiger partial charge in [-0.1, -0.05) is 18.2 Å². The number of hydrogen-bond donors (Lipinski definition) is 1. The van der Waals surface area contributed by atoms with E-state index in [0.717, 1.165) is 54.4 Å². The third-order valence-corrected chi connectivity index (χ3v) is 4.21. The second kappa shape index (κ2) is 6.41. The number of para-hydroxylation sites is 1. The Morgan fingerprint density at radius 3 is 3.05 bits per heavy atom. The van der Waals surface area contributed by atoms with Crippen molar-refractivity contribution >= 4 is 10.9 Å². The van der Waals surface area contributed by atoms with E-state index in [1.165, 1.54) is 6.42 Å². The molecule has 4 heteroatoms. The van der Waals surface area contributed by atoms with E-state index in [0.29, 0.717) is 0 Å². The second-order valence-corrected chi connectivity index (χ2v) is 5.78. The quantitative estimate of drug-likeness (QED) is 0.914. The number of hydrogen-bond acceptors (Lipinski definition) is 4. The molecule has 112 valence electrons. The van der Waals surface area contributed by atoms with E-state index in [2.05, 4.69) is 28.4 Å². The number of fused-ring (bicyclic) bond motifs is 1. The van der Waals surface area contributed by atoms with Crippen molar-refractivity contribution in [3.05, 3.63) is 36.0 Å². The van der Waals surface area contributed by atoms with Gasteiger partial charge in [-0.05, 0) is 44.6 Å². The molecule has 0 aliphatic carbocycles. The summed E-state index contributed by atoms with van der Waals surface area (Å²) in [4.78, 5) is 7.29. The zero-order valence-electron chi connectivity index (χ0n) is 12.8. The van der Waals surface area contributed by atoms with E-state index >= 15 is 0 Å². The van der Waals surface area contributed by atoms with Gasteiger partial charge in [0.05, 0.1) is 12.8 Å². The molecule has 0 radical (unpaired) electrons. The highest BCUT2D eigenvalue weighted by Gasteiger charge is 2.22. The summed E-state index contributed by atoms with van der Waals surface area (Å²) in [5.74, 6) is 1.62. The molecule has 1 fully saturated rings. The Morgan fingerprint density at radius 1 is 1.33 bits per heavy atom. The maximum Gasteiger partial charge on any atom is 0.145 e. The van der Waals surface area contributed by atoms with Gasteiger partial charge in [-0.2, -0.15) is 0 Å². The van der Waals surface area contributed by atoms with E-state index in [9.17, 15) is 0 Å². The molecule has 3 rings (SSSR count). The molecule has 21 heavy (non-hydrogen) atoms. The molecule has 1 atom stereocenters. The van der Waals surface area contributed by atoms with Crippen LogP contribution in [0.1, 0.15) is 12.1 Å². The summed E-state index contributed by atoms with van der Waals surface area (Å²) in [6, 6.07) is 10.3. The van der Waals surface area contributed by atoms with Crippen LogP contribution in [0.3, 0.4) is 0 Å². The molecule has 0 bridgehead atoms. The van der Waals surface area contributed by atoms with Gasteiger partial charge in [0.15, 0.2) is 0 Å². The lowest BCUT2D eigenvalue weighted by Crippen LogP contribution is -2.24. The standard InChI is InChI=1S/C17H23N3O/c1-18-10-13-8-9-20(11-13)12-15-7-6-14-4-3-5-16(21-2)17(14)19-15/h3-7,13,18H,8-12H2,1-2H3. The molecular formula is C17H23N3O. The van der Waals surface area contributed by atoms with Crippen LogP contribution in [0.4, 0.5) is 0 Å². The first-order chi connectivity index (χ1) is 10.3. The summed E-state index contributed by atoms with van der Waals surface area (Å²) in [6.07, 6.45) is 1.28. The van der Waals surface area contributed by atoms with E-state index < -0.39 is 0 Å². The maximum absolute atomic E-state index is 5.42. The number of rotatable bonds is 5. The van der Waals surface area contributed by atoms with Crippen molar-refractivity contribution < 1.29 is 4.74 Å². The lowest BCUT2D eigenvalue weighted by Gasteiger charge is -2.16. The summed E-state index contributed by atoms with van der Waals surface area (Å²) >= 11 is 0. The number of nitrogens with zero attached hydrogens (tertiary/aromatic N) is 2. The van der Waals surface area contributed by atoms with Crippen LogP contribution in [0.2, 0.25) is 0 Å². The van der Waals surface area contributed by atoms with Crippen LogP contribution in [0.15, 0.2) is 30.3 Å². The molecule has 1 aromatic heterocycles. The van der Waals surface area contributed by atoms with Crippen LogP contribution in [0.25, 0.3) is 10.9 Å². The lowest BCUT2D eigenvalue weighted by molar-refractivity contribution is 0.312. The fourth-order valence-electron chi connectivity index (χ4n) is 3.15. The average Bonchev–Trinajstić information content (AvgIpc) is 2.94. The number of likely N-dealkylation sites (tertiary alicyclic amines) is 1. The summed E-state index contributed by atoms with van der Waals surface area (Å²) < 4.78 is 5.42. The van der Waals surface area contributed by atoms with Crippen molar-refractivity contribution in [2.45, 2.75) is 13.0 Å². The molecule has 1 aromatic carbocycles. The highest BCUT2D eigenvalue weighted by molar-refractivity contribution is 5.84. The molecule has 0 spiro atoms. The van der Waals surface area contributed by atoms with Crippen molar-refractivity contribution in [3.63, 3.8) is 0 Å². The Bertz CT molecular complexity index is 614. The number of ether oxygens (including phenoxy) is 1. The van der Waals surface area contributed by atoms with E-state index in [1.54, 1.807) is 7.11 Å². The minimum absolute atomic E-state index is 0.769. The van der Waals surface area contributed by atoms with Crippen molar-refractivity contribution in [1.29, 1.82) is 0 Å². The Labute approximate surface area is 126 Å². The minimum Gasteiger partial charge on any atom is -0.494 e. The van der Waals surface area contributed by atoms with Gasteiger partial charge in [-0.15, -0.1) is 0 Å². The summed E-state index contributed by atoms with van der Waals surface area (Å²) in [6.45, 7) is 4.36. The molecular weight excluding hydrogens is 262 g/mol. The van der Waals surface area contributed by atoms with Crippen LogP contribution in [0, 0.1) is 5.92 Å². The van der Waals surface area contributed by atoms with E-state index in [-0.39, 0.29) is 0 Å². The zero-order valence-corrected chi connectivity index (χ0v) is 12.8. The van der Waals surface area contributed by atoms with Crippen molar-refractivity contribution in [2.24, 2.45) is 5.92 Å². The molecule has 1 saturated heterocycles. The molecule has 4 nitrogen and oxygen atoms in total. The average molecular weight is 285 g/mol. The first-order valence-corrected chi connectivity index (χ1v) is 7.59. The summed E-state index contributed by atoms with van der Waals surface area (Å²) in [5.41, 5.74) is 2.08. The lowest BCUT2D eigenvalue weighted by atomic mass is 10.1. The Kier molecular flexibility index (Phi) is 4.36. The predicted octanol–water partition coefficient (Wildman–Crippen LogP) is 2.28. The summed E-state index contributed by atoms with van der Waals surface area (Å²) in [5, 5.41) is 4.41. The normalized spacial score (nSPS) is 19.2. The molecule has 2 aromatic rings. The van der Waals surface area contributed by atoms with Gasteiger partial charge < -0.3 is 10.1 Å². The van der Waals surface area contributed by atoms with Gasteiger partial charge in [-0.25, -0.2) is 4.98 Å². The van der Waals surface area contributed by atoms with E-state index in [4.69, 9.17) is 9.72 Å². The van der Waals surface area contributed by atoms with Crippen LogP contribution >= 0.6 is 0 Å². The van der Waals surface area contributed by atoms with Gasteiger partial charge in [0, 0.05) is 18.5 Å². The third kappa shape index (κ3) is 3.17. The predicted molar refractivity (Wildman–Crippen MR) is 85.6 cm³/mol. The highest BCUT2D eigenvalue weighted by Crippen LogP contribution is 2.24. The fourth-order valence-corrected chi connectivity index (χ4v) is 3.15. The number of aromatic nitrogens is 1. The van der Waals surface area contributed by atoms with Crippen LogP contribution in [0.5, 0.6) is 5.75 Å². The largest absolute Gasteiger partial charge is 0.494 e. The third-order valence-electron chi connectivity index (χ3n) is 4.21. The van der Waals surface area contributed by atoms with Crippen molar-refractivity contribution in [1.82, 2.24) is 15.2 Å². The SMILES string of the molecule is CNCC1CCN(Cc2ccc3cccc(OC)c3n2)C1. The molecule has 1 aliphatic rings. The van der Waals surface area contributed by atoms with Crippen molar-refractivity contribution in [3.8, 4) is 5.75 Å². The Balaban J connectivity index is 1.76. The number of pyridine rings is 1. The number of nitrogens with one attached hydrogen (secondary N) is 1. The zero-order chi connectivity index (χ0) is 14.7. The number of benzene rings is 1. The highest BCUT2D eigenvalue weighted by atomic mass is 16.5. The van der Waals surface area contributed by atoms with Gasteiger partial charge in [-0.3, -0.25) is 4.90 Å². The van der Waals surface area contributed by atoms with Crippen molar-refractivity contribution in [2.75, 3.05) is 33.8 Å². The Hall–Kier alpha value is -1.65.